The van der Waals surface area contributed by atoms with Crippen LogP contribution in [0, 0.1) is 5.82 Å². The van der Waals surface area contributed by atoms with Gasteiger partial charge < -0.3 is 4.90 Å². The molecule has 0 aliphatic carbocycles. The van der Waals surface area contributed by atoms with Gasteiger partial charge >= 0.3 is 0 Å². The van der Waals surface area contributed by atoms with Gasteiger partial charge in [-0.2, -0.15) is 0 Å². The summed E-state index contributed by atoms with van der Waals surface area (Å²) >= 11 is 5.68. The number of hydrogen-bond acceptors (Lipinski definition) is 3. The highest BCUT2D eigenvalue weighted by atomic mass is 35.5. The highest BCUT2D eigenvalue weighted by Gasteiger charge is 2.10. The van der Waals surface area contributed by atoms with Crippen LogP contribution in [0.5, 0.6) is 0 Å². The highest BCUT2D eigenvalue weighted by molar-refractivity contribution is 6.30. The molecule has 1 aromatic carbocycles. The molecule has 4 nitrogen and oxygen atoms in total. The second kappa shape index (κ2) is 5.35. The lowest BCUT2D eigenvalue weighted by Crippen LogP contribution is -2.23. The fraction of sp³-hybridized carbons (Fsp3) is 0.333. The van der Waals surface area contributed by atoms with Crippen LogP contribution in [0.2, 0.25) is 5.02 Å². The van der Waals surface area contributed by atoms with Crippen LogP contribution in [0.4, 0.5) is 10.1 Å². The molecule has 96 valence electrons. The zero-order valence-electron chi connectivity index (χ0n) is 10.3. The number of anilines is 1. The number of rotatable bonds is 4. The number of aryl methyl sites for hydroxylation is 1. The number of halogens is 2. The van der Waals surface area contributed by atoms with Gasteiger partial charge in [0.05, 0.1) is 23.5 Å². The van der Waals surface area contributed by atoms with Crippen LogP contribution >= 0.6 is 11.6 Å². The molecule has 2 rings (SSSR count). The summed E-state index contributed by atoms with van der Waals surface area (Å²) in [5.74, 6) is -0.407. The predicted molar refractivity (Wildman–Crippen MR) is 69.1 cm³/mol. The summed E-state index contributed by atoms with van der Waals surface area (Å²) in [7, 11) is 1.83. The maximum atomic E-state index is 13.4. The fourth-order valence-corrected chi connectivity index (χ4v) is 1.83. The van der Waals surface area contributed by atoms with Crippen LogP contribution in [-0.4, -0.2) is 21.5 Å². The average Bonchev–Trinajstić information content (AvgIpc) is 2.75. The number of nitrogens with zero attached hydrogens (tertiary/aromatic N) is 4. The molecular formula is C12H14ClFN4. The van der Waals surface area contributed by atoms with Crippen molar-refractivity contribution < 1.29 is 4.39 Å². The van der Waals surface area contributed by atoms with E-state index < -0.39 is 5.82 Å². The summed E-state index contributed by atoms with van der Waals surface area (Å²) < 4.78 is 15.1. The molecule has 0 saturated carbocycles. The molecular weight excluding hydrogens is 255 g/mol. The van der Waals surface area contributed by atoms with E-state index in [1.165, 1.54) is 6.07 Å². The largest absolute Gasteiger partial charge is 0.366 e. The van der Waals surface area contributed by atoms with E-state index in [1.807, 2.05) is 18.9 Å². The molecule has 6 heteroatoms. The lowest BCUT2D eigenvalue weighted by atomic mass is 10.2. The Morgan fingerprint density at radius 1 is 1.44 bits per heavy atom. The summed E-state index contributed by atoms with van der Waals surface area (Å²) in [6, 6.07) is 4.81. The maximum Gasteiger partial charge on any atom is 0.143 e. The minimum atomic E-state index is -0.407. The van der Waals surface area contributed by atoms with Crippen molar-refractivity contribution in [2.24, 2.45) is 7.05 Å². The molecule has 2 aromatic rings. The predicted octanol–water partition coefficient (Wildman–Crippen LogP) is 2.63. The minimum Gasteiger partial charge on any atom is -0.366 e. The molecule has 0 aliphatic rings. The van der Waals surface area contributed by atoms with E-state index in [0.717, 1.165) is 17.9 Å². The second-order valence-electron chi connectivity index (χ2n) is 3.96. The first-order valence-electron chi connectivity index (χ1n) is 5.65. The van der Waals surface area contributed by atoms with Gasteiger partial charge in [0.1, 0.15) is 5.82 Å². The van der Waals surface area contributed by atoms with Crippen molar-refractivity contribution in [3.05, 3.63) is 40.9 Å². The first kappa shape index (κ1) is 12.8. The van der Waals surface area contributed by atoms with Crippen molar-refractivity contribution in [1.82, 2.24) is 15.0 Å². The topological polar surface area (TPSA) is 34.0 Å². The van der Waals surface area contributed by atoms with E-state index in [9.17, 15) is 4.39 Å². The lowest BCUT2D eigenvalue weighted by Gasteiger charge is -2.23. The van der Waals surface area contributed by atoms with Gasteiger partial charge in [-0.3, -0.25) is 4.68 Å². The standard InChI is InChI=1S/C12H14ClFN4/c1-3-18(8-10-7-15-16-17(10)2)9-4-5-11(13)12(14)6-9/h4-7H,3,8H2,1-2H3. The molecule has 1 heterocycles. The Morgan fingerprint density at radius 3 is 2.78 bits per heavy atom. The Kier molecular flexibility index (Phi) is 3.81. The summed E-state index contributed by atoms with van der Waals surface area (Å²) in [5.41, 5.74) is 1.76. The monoisotopic (exact) mass is 268 g/mol. The first-order valence-corrected chi connectivity index (χ1v) is 6.03. The van der Waals surface area contributed by atoms with Crippen LogP contribution in [-0.2, 0) is 13.6 Å². The molecule has 0 atom stereocenters. The van der Waals surface area contributed by atoms with Crippen molar-refractivity contribution in [3.8, 4) is 0 Å². The molecule has 0 aliphatic heterocycles. The Labute approximate surface area is 110 Å². The molecule has 0 saturated heterocycles. The molecule has 0 spiro atoms. The van der Waals surface area contributed by atoms with E-state index in [2.05, 4.69) is 10.3 Å². The molecule has 0 radical (unpaired) electrons. The molecule has 18 heavy (non-hydrogen) atoms. The number of hydrogen-bond donors (Lipinski definition) is 0. The van der Waals surface area contributed by atoms with Gasteiger partial charge in [0.2, 0.25) is 0 Å². The minimum absolute atomic E-state index is 0.136. The van der Waals surface area contributed by atoms with Gasteiger partial charge in [-0.15, -0.1) is 5.10 Å². The Morgan fingerprint density at radius 2 is 2.22 bits per heavy atom. The Balaban J connectivity index is 2.23. The van der Waals surface area contributed by atoms with Crippen LogP contribution in [0.25, 0.3) is 0 Å². The van der Waals surface area contributed by atoms with E-state index in [1.54, 1.807) is 23.0 Å². The van der Waals surface area contributed by atoms with Gasteiger partial charge in [0.25, 0.3) is 0 Å². The zero-order valence-corrected chi connectivity index (χ0v) is 11.0. The smallest absolute Gasteiger partial charge is 0.143 e. The molecule has 1 aromatic heterocycles. The molecule has 0 N–H and O–H groups in total. The summed E-state index contributed by atoms with van der Waals surface area (Å²) in [4.78, 5) is 2.03. The molecule has 0 bridgehead atoms. The maximum absolute atomic E-state index is 13.4. The van der Waals surface area contributed by atoms with Gasteiger partial charge in [-0.1, -0.05) is 16.8 Å². The van der Waals surface area contributed by atoms with E-state index in [-0.39, 0.29) is 5.02 Å². The van der Waals surface area contributed by atoms with Crippen LogP contribution in [0.15, 0.2) is 24.4 Å². The van der Waals surface area contributed by atoms with Gasteiger partial charge in [-0.05, 0) is 25.1 Å². The van der Waals surface area contributed by atoms with E-state index in [4.69, 9.17) is 11.6 Å². The normalized spacial score (nSPS) is 10.7. The highest BCUT2D eigenvalue weighted by Crippen LogP contribution is 2.22. The quantitative estimate of drug-likeness (QED) is 0.855. The van der Waals surface area contributed by atoms with E-state index >= 15 is 0 Å². The van der Waals surface area contributed by atoms with Gasteiger partial charge in [-0.25, -0.2) is 4.39 Å². The number of benzene rings is 1. The lowest BCUT2D eigenvalue weighted by molar-refractivity contribution is 0.625. The van der Waals surface area contributed by atoms with Crippen molar-refractivity contribution >= 4 is 17.3 Å². The van der Waals surface area contributed by atoms with Crippen LogP contribution < -0.4 is 4.90 Å². The Hall–Kier alpha value is -1.62. The van der Waals surface area contributed by atoms with Crippen molar-refractivity contribution in [3.63, 3.8) is 0 Å². The molecule has 0 amide bonds. The summed E-state index contributed by atoms with van der Waals surface area (Å²) in [6.45, 7) is 3.39. The van der Waals surface area contributed by atoms with Crippen molar-refractivity contribution in [2.45, 2.75) is 13.5 Å². The van der Waals surface area contributed by atoms with Crippen molar-refractivity contribution in [1.29, 1.82) is 0 Å². The van der Waals surface area contributed by atoms with Crippen LogP contribution in [0.1, 0.15) is 12.6 Å². The third-order valence-electron chi connectivity index (χ3n) is 2.81. The average molecular weight is 269 g/mol. The summed E-state index contributed by atoms with van der Waals surface area (Å²) in [6.07, 6.45) is 1.70. The third kappa shape index (κ3) is 2.61. The number of aromatic nitrogens is 3. The van der Waals surface area contributed by atoms with Crippen molar-refractivity contribution in [2.75, 3.05) is 11.4 Å². The van der Waals surface area contributed by atoms with Gasteiger partial charge in [0.15, 0.2) is 0 Å². The van der Waals surface area contributed by atoms with E-state index in [0.29, 0.717) is 6.54 Å². The Bertz CT molecular complexity index is 541. The molecule has 0 fully saturated rings. The first-order chi connectivity index (χ1) is 8.61. The third-order valence-corrected chi connectivity index (χ3v) is 3.12. The zero-order chi connectivity index (χ0) is 13.1. The van der Waals surface area contributed by atoms with Crippen LogP contribution in [0.3, 0.4) is 0 Å². The SMILES string of the molecule is CCN(Cc1cnnn1C)c1ccc(Cl)c(F)c1. The second-order valence-corrected chi connectivity index (χ2v) is 4.37. The molecule has 0 unspecified atom stereocenters. The van der Waals surface area contributed by atoms with Gasteiger partial charge in [0, 0.05) is 19.3 Å². The fourth-order valence-electron chi connectivity index (χ4n) is 1.72. The summed E-state index contributed by atoms with van der Waals surface area (Å²) in [5, 5.41) is 7.84.